The zero-order valence-electron chi connectivity index (χ0n) is 17.1. The van der Waals surface area contributed by atoms with Crippen LogP contribution >= 0.6 is 0 Å². The lowest BCUT2D eigenvalue weighted by Crippen LogP contribution is -2.22. The first kappa shape index (κ1) is 18.6. The number of ether oxygens (including phenoxy) is 4. The molecule has 3 heterocycles. The maximum atomic E-state index is 5.89. The van der Waals surface area contributed by atoms with E-state index in [1.54, 1.807) is 20.4 Å². The van der Waals surface area contributed by atoms with E-state index in [0.29, 0.717) is 18.1 Å². The molecule has 2 atom stereocenters. The summed E-state index contributed by atoms with van der Waals surface area (Å²) in [5.74, 6) is 3.03. The van der Waals surface area contributed by atoms with Crippen LogP contribution in [0.15, 0.2) is 54.7 Å². The van der Waals surface area contributed by atoms with Gasteiger partial charge in [-0.05, 0) is 35.4 Å². The molecule has 3 aromatic rings. The first-order valence-corrected chi connectivity index (χ1v) is 9.76. The van der Waals surface area contributed by atoms with E-state index in [0.717, 1.165) is 34.1 Å². The molecule has 0 aliphatic carbocycles. The van der Waals surface area contributed by atoms with Gasteiger partial charge in [-0.25, -0.2) is 4.98 Å². The number of methoxy groups -OCH3 is 2. The molecule has 0 spiro atoms. The van der Waals surface area contributed by atoms with E-state index in [1.165, 1.54) is 0 Å². The van der Waals surface area contributed by atoms with Gasteiger partial charge in [-0.2, -0.15) is 0 Å². The van der Waals surface area contributed by atoms with Gasteiger partial charge in [0.2, 0.25) is 0 Å². The SMILES string of the molecule is COc1cc(Nc2cc(-c3ccc4c(c3)N(C)C3OC3CO4)ccn2)cc(OC)c1. The van der Waals surface area contributed by atoms with Gasteiger partial charge in [-0.3, -0.25) is 0 Å². The summed E-state index contributed by atoms with van der Waals surface area (Å²) in [6.45, 7) is 0.592. The number of fused-ring (bicyclic) bond motifs is 2. The molecule has 1 N–H and O–H groups in total. The smallest absolute Gasteiger partial charge is 0.160 e. The lowest BCUT2D eigenvalue weighted by atomic mass is 10.1. The summed E-state index contributed by atoms with van der Waals surface area (Å²) >= 11 is 0. The van der Waals surface area contributed by atoms with Gasteiger partial charge in [0.15, 0.2) is 6.23 Å². The Balaban J connectivity index is 1.44. The van der Waals surface area contributed by atoms with E-state index in [-0.39, 0.29) is 12.3 Å². The second kappa shape index (κ2) is 7.42. The van der Waals surface area contributed by atoms with E-state index >= 15 is 0 Å². The topological polar surface area (TPSA) is 68.4 Å². The molecule has 2 aromatic carbocycles. The molecule has 2 unspecified atom stereocenters. The Bertz CT molecular complexity index is 1070. The number of hydrogen-bond donors (Lipinski definition) is 1. The zero-order chi connectivity index (χ0) is 20.7. The quantitative estimate of drug-likeness (QED) is 0.642. The van der Waals surface area contributed by atoms with E-state index in [4.69, 9.17) is 18.9 Å². The van der Waals surface area contributed by atoms with Crippen molar-refractivity contribution in [3.63, 3.8) is 0 Å². The summed E-state index contributed by atoms with van der Waals surface area (Å²) in [6.07, 6.45) is 2.04. The summed E-state index contributed by atoms with van der Waals surface area (Å²) in [5.41, 5.74) is 4.00. The highest BCUT2D eigenvalue weighted by molar-refractivity contribution is 5.75. The van der Waals surface area contributed by atoms with Gasteiger partial charge in [0, 0.05) is 37.1 Å². The Morgan fingerprint density at radius 3 is 2.53 bits per heavy atom. The second-order valence-corrected chi connectivity index (χ2v) is 7.33. The van der Waals surface area contributed by atoms with Crippen molar-refractivity contribution >= 4 is 17.2 Å². The van der Waals surface area contributed by atoms with Crippen molar-refractivity contribution in [1.82, 2.24) is 4.98 Å². The predicted molar refractivity (Wildman–Crippen MR) is 115 cm³/mol. The van der Waals surface area contributed by atoms with Crippen LogP contribution in [0.2, 0.25) is 0 Å². The maximum absolute atomic E-state index is 5.89. The van der Waals surface area contributed by atoms with Gasteiger partial charge < -0.3 is 29.2 Å². The maximum Gasteiger partial charge on any atom is 0.160 e. The molecule has 154 valence electrons. The van der Waals surface area contributed by atoms with Crippen LogP contribution in [0.25, 0.3) is 11.1 Å². The van der Waals surface area contributed by atoms with Crippen molar-refractivity contribution < 1.29 is 18.9 Å². The monoisotopic (exact) mass is 405 g/mol. The Kier molecular flexibility index (Phi) is 4.59. The molecule has 1 fully saturated rings. The minimum atomic E-state index is 0.0965. The summed E-state index contributed by atoms with van der Waals surface area (Å²) in [4.78, 5) is 6.60. The number of nitrogens with zero attached hydrogens (tertiary/aromatic N) is 2. The standard InChI is InChI=1S/C23H23N3O4/c1-26-19-8-14(4-5-20(19)29-13-21-23(26)30-21)15-6-7-24-22(9-15)25-16-10-17(27-2)12-18(11-16)28-3/h4-12,21,23H,13H2,1-3H3,(H,24,25). The number of epoxide rings is 1. The number of anilines is 3. The predicted octanol–water partition coefficient (Wildman–Crippen LogP) is 4.06. The highest BCUT2D eigenvalue weighted by atomic mass is 16.6. The molecule has 7 heteroatoms. The second-order valence-electron chi connectivity index (χ2n) is 7.33. The van der Waals surface area contributed by atoms with Gasteiger partial charge >= 0.3 is 0 Å². The molecular formula is C23H23N3O4. The molecule has 1 saturated heterocycles. The Morgan fingerprint density at radius 1 is 1.00 bits per heavy atom. The molecular weight excluding hydrogens is 382 g/mol. The van der Waals surface area contributed by atoms with Gasteiger partial charge in [0.25, 0.3) is 0 Å². The van der Waals surface area contributed by atoms with Gasteiger partial charge in [-0.1, -0.05) is 6.07 Å². The highest BCUT2D eigenvalue weighted by Gasteiger charge is 2.45. The van der Waals surface area contributed by atoms with E-state index in [2.05, 4.69) is 27.3 Å². The van der Waals surface area contributed by atoms with Crippen molar-refractivity contribution in [3.8, 4) is 28.4 Å². The first-order chi connectivity index (χ1) is 14.6. The van der Waals surface area contributed by atoms with E-state index in [1.807, 2.05) is 43.4 Å². The van der Waals surface area contributed by atoms with Crippen LogP contribution in [0.5, 0.6) is 17.2 Å². The number of nitrogens with one attached hydrogen (secondary N) is 1. The third-order valence-electron chi connectivity index (χ3n) is 5.40. The number of rotatable bonds is 5. The largest absolute Gasteiger partial charge is 0.497 e. The van der Waals surface area contributed by atoms with Crippen molar-refractivity contribution in [1.29, 1.82) is 0 Å². The lowest BCUT2D eigenvalue weighted by Gasteiger charge is -2.19. The molecule has 0 amide bonds. The molecule has 5 rings (SSSR count). The summed E-state index contributed by atoms with van der Waals surface area (Å²) in [6, 6.07) is 15.9. The Hall–Kier alpha value is -3.45. The molecule has 0 saturated carbocycles. The fourth-order valence-electron chi connectivity index (χ4n) is 3.71. The van der Waals surface area contributed by atoms with Crippen LogP contribution in [0.4, 0.5) is 17.2 Å². The van der Waals surface area contributed by atoms with Crippen LogP contribution in [0.3, 0.4) is 0 Å². The number of hydrogen-bond acceptors (Lipinski definition) is 7. The number of pyridine rings is 1. The summed E-state index contributed by atoms with van der Waals surface area (Å²) < 4.78 is 22.2. The number of aromatic nitrogens is 1. The summed E-state index contributed by atoms with van der Waals surface area (Å²) in [5, 5.41) is 3.33. The minimum absolute atomic E-state index is 0.0965. The number of likely N-dealkylation sites (N-methyl/N-ethyl adjacent to an activating group) is 1. The Labute approximate surface area is 175 Å². The van der Waals surface area contributed by atoms with Crippen LogP contribution < -0.4 is 24.4 Å². The third kappa shape index (κ3) is 3.48. The van der Waals surface area contributed by atoms with Crippen molar-refractivity contribution in [2.24, 2.45) is 0 Å². The zero-order valence-corrected chi connectivity index (χ0v) is 17.1. The normalized spacial score (nSPS) is 19.1. The fraction of sp³-hybridized carbons (Fsp3) is 0.261. The van der Waals surface area contributed by atoms with Crippen molar-refractivity contribution in [2.75, 3.05) is 38.1 Å². The average Bonchev–Trinajstić information content (AvgIpc) is 3.57. The van der Waals surface area contributed by atoms with Crippen LogP contribution in [-0.2, 0) is 4.74 Å². The van der Waals surface area contributed by atoms with E-state index in [9.17, 15) is 0 Å². The Morgan fingerprint density at radius 2 is 1.77 bits per heavy atom. The van der Waals surface area contributed by atoms with Crippen molar-refractivity contribution in [3.05, 3.63) is 54.7 Å². The van der Waals surface area contributed by atoms with Gasteiger partial charge in [0.05, 0.1) is 19.9 Å². The molecule has 1 aromatic heterocycles. The highest BCUT2D eigenvalue weighted by Crippen LogP contribution is 2.41. The molecule has 30 heavy (non-hydrogen) atoms. The fourth-order valence-corrected chi connectivity index (χ4v) is 3.71. The molecule has 0 bridgehead atoms. The summed E-state index contributed by atoms with van der Waals surface area (Å²) in [7, 11) is 5.30. The number of benzene rings is 2. The molecule has 7 nitrogen and oxygen atoms in total. The van der Waals surface area contributed by atoms with Crippen molar-refractivity contribution in [2.45, 2.75) is 12.3 Å². The minimum Gasteiger partial charge on any atom is -0.497 e. The van der Waals surface area contributed by atoms with Gasteiger partial charge in [0.1, 0.15) is 35.8 Å². The first-order valence-electron chi connectivity index (χ1n) is 9.76. The molecule has 2 aliphatic heterocycles. The van der Waals surface area contributed by atoms with Crippen LogP contribution in [0.1, 0.15) is 0 Å². The van der Waals surface area contributed by atoms with Crippen LogP contribution in [0, 0.1) is 0 Å². The van der Waals surface area contributed by atoms with E-state index < -0.39 is 0 Å². The third-order valence-corrected chi connectivity index (χ3v) is 5.40. The molecule has 2 aliphatic rings. The average molecular weight is 405 g/mol. The van der Waals surface area contributed by atoms with Crippen LogP contribution in [-0.4, -0.2) is 45.2 Å². The van der Waals surface area contributed by atoms with Gasteiger partial charge in [-0.15, -0.1) is 0 Å². The molecule has 0 radical (unpaired) electrons. The lowest BCUT2D eigenvalue weighted by molar-refractivity contribution is 0.255.